The first-order valence-electron chi connectivity index (χ1n) is 7.13. The summed E-state index contributed by atoms with van der Waals surface area (Å²) in [6.07, 6.45) is -2.86. The van der Waals surface area contributed by atoms with Crippen molar-refractivity contribution in [1.82, 2.24) is 14.9 Å². The van der Waals surface area contributed by atoms with Crippen LogP contribution in [-0.2, 0) is 20.8 Å². The van der Waals surface area contributed by atoms with Crippen molar-refractivity contribution in [3.05, 3.63) is 32.6 Å². The molecule has 11 nitrogen and oxygen atoms in total. The number of rotatable bonds is 7. The molecule has 1 saturated heterocycles. The number of nitrogens with one attached hydrogen (secondary N) is 2. The zero-order valence-corrected chi connectivity index (χ0v) is 12.8. The van der Waals surface area contributed by atoms with Crippen molar-refractivity contribution in [2.45, 2.75) is 31.1 Å². The van der Waals surface area contributed by atoms with Crippen LogP contribution >= 0.6 is 0 Å². The Morgan fingerprint density at radius 2 is 2.21 bits per heavy atom. The molecule has 4 atom stereocenters. The molecule has 134 valence electrons. The highest BCUT2D eigenvalue weighted by Gasteiger charge is 2.45. The van der Waals surface area contributed by atoms with Gasteiger partial charge in [0.05, 0.1) is 13.2 Å². The van der Waals surface area contributed by atoms with Gasteiger partial charge >= 0.3 is 11.7 Å². The van der Waals surface area contributed by atoms with Crippen LogP contribution in [0.25, 0.3) is 0 Å². The third-order valence-electron chi connectivity index (χ3n) is 3.67. The molecule has 0 aromatic carbocycles. The number of aliphatic carboxylic acids is 1. The number of aromatic amines is 1. The van der Waals surface area contributed by atoms with Crippen LogP contribution in [0.3, 0.4) is 0 Å². The zero-order chi connectivity index (χ0) is 17.9. The summed E-state index contributed by atoms with van der Waals surface area (Å²) in [6, 6.07) is 0. The van der Waals surface area contributed by atoms with Gasteiger partial charge in [-0.05, 0) is 0 Å². The molecule has 4 unspecified atom stereocenters. The fourth-order valence-corrected chi connectivity index (χ4v) is 2.49. The van der Waals surface area contributed by atoms with Crippen molar-refractivity contribution in [3.63, 3.8) is 0 Å². The van der Waals surface area contributed by atoms with Crippen LogP contribution in [0.4, 0.5) is 0 Å². The molecule has 1 aliphatic rings. The van der Waals surface area contributed by atoms with Gasteiger partial charge in [0.25, 0.3) is 5.56 Å². The standard InChI is InChI=1S/C13H19N3O8/c1-23-10-9(20)7(5-17)24-12(10)16-4-6(2-14-3-8(18)19)11(21)15-13(16)22/h4,7,9-10,12,14,17,20H,2-3,5H2,1H3,(H,18,19)(H,15,21,22). The van der Waals surface area contributed by atoms with E-state index in [-0.39, 0.29) is 18.7 Å². The Hall–Kier alpha value is -2.05. The number of hydrogen-bond donors (Lipinski definition) is 5. The van der Waals surface area contributed by atoms with E-state index in [1.807, 2.05) is 0 Å². The Balaban J connectivity index is 2.31. The Morgan fingerprint density at radius 3 is 2.79 bits per heavy atom. The van der Waals surface area contributed by atoms with Crippen molar-refractivity contribution in [2.24, 2.45) is 0 Å². The molecule has 24 heavy (non-hydrogen) atoms. The van der Waals surface area contributed by atoms with Gasteiger partial charge in [-0.1, -0.05) is 0 Å². The normalized spacial score (nSPS) is 26.6. The second-order valence-electron chi connectivity index (χ2n) is 5.26. The van der Waals surface area contributed by atoms with E-state index in [0.29, 0.717) is 0 Å². The number of H-pyrrole nitrogens is 1. The molecule has 5 N–H and O–H groups in total. The summed E-state index contributed by atoms with van der Waals surface area (Å²) >= 11 is 0. The topological polar surface area (TPSA) is 163 Å². The zero-order valence-electron chi connectivity index (χ0n) is 12.8. The van der Waals surface area contributed by atoms with Gasteiger partial charge in [0.1, 0.15) is 18.3 Å². The van der Waals surface area contributed by atoms with Crippen LogP contribution in [0.15, 0.2) is 15.8 Å². The van der Waals surface area contributed by atoms with Gasteiger partial charge in [-0.25, -0.2) is 4.79 Å². The second-order valence-corrected chi connectivity index (χ2v) is 5.26. The van der Waals surface area contributed by atoms with Gasteiger partial charge in [-0.3, -0.25) is 19.1 Å². The van der Waals surface area contributed by atoms with E-state index in [1.165, 1.54) is 13.3 Å². The molecule has 0 saturated carbocycles. The first-order chi connectivity index (χ1) is 11.4. The van der Waals surface area contributed by atoms with E-state index in [1.54, 1.807) is 0 Å². The van der Waals surface area contributed by atoms with Crippen molar-refractivity contribution in [3.8, 4) is 0 Å². The van der Waals surface area contributed by atoms with E-state index in [2.05, 4.69) is 10.3 Å². The molecule has 0 bridgehead atoms. The first-order valence-corrected chi connectivity index (χ1v) is 7.13. The number of carboxylic acids is 1. The van der Waals surface area contributed by atoms with Crippen LogP contribution < -0.4 is 16.6 Å². The molecule has 0 amide bonds. The number of carbonyl (C=O) groups is 1. The van der Waals surface area contributed by atoms with Gasteiger partial charge in [0.15, 0.2) is 6.23 Å². The lowest BCUT2D eigenvalue weighted by atomic mass is 10.1. The van der Waals surface area contributed by atoms with Crippen LogP contribution in [0, 0.1) is 0 Å². The third kappa shape index (κ3) is 3.71. The number of nitrogens with zero attached hydrogens (tertiary/aromatic N) is 1. The van der Waals surface area contributed by atoms with Crippen LogP contribution in [-0.4, -0.2) is 69.4 Å². The summed E-state index contributed by atoms with van der Waals surface area (Å²) in [5, 5.41) is 30.4. The van der Waals surface area contributed by atoms with Crippen molar-refractivity contribution < 1.29 is 29.6 Å². The Labute approximate surface area is 135 Å². The van der Waals surface area contributed by atoms with E-state index < -0.39 is 48.4 Å². The molecule has 1 aliphatic heterocycles. The van der Waals surface area contributed by atoms with E-state index in [9.17, 15) is 24.6 Å². The molecule has 1 fully saturated rings. The van der Waals surface area contributed by atoms with E-state index >= 15 is 0 Å². The highest BCUT2D eigenvalue weighted by atomic mass is 16.6. The monoisotopic (exact) mass is 345 g/mol. The summed E-state index contributed by atoms with van der Waals surface area (Å²) in [5.74, 6) is -1.09. The maximum atomic E-state index is 12.0. The highest BCUT2D eigenvalue weighted by molar-refractivity contribution is 5.68. The van der Waals surface area contributed by atoms with Crippen molar-refractivity contribution in [2.75, 3.05) is 20.3 Å². The molecule has 2 rings (SSSR count). The maximum Gasteiger partial charge on any atom is 0.330 e. The van der Waals surface area contributed by atoms with Gasteiger partial charge < -0.3 is 30.1 Å². The number of hydrogen-bond acceptors (Lipinski definition) is 8. The molecular weight excluding hydrogens is 326 g/mol. The summed E-state index contributed by atoms with van der Waals surface area (Å²) in [5.41, 5.74) is -1.34. The molecular formula is C13H19N3O8. The lowest BCUT2D eigenvalue weighted by Crippen LogP contribution is -2.40. The number of ether oxygens (including phenoxy) is 2. The summed E-state index contributed by atoms with van der Waals surface area (Å²) < 4.78 is 11.6. The molecule has 2 heterocycles. The summed E-state index contributed by atoms with van der Waals surface area (Å²) in [4.78, 5) is 36.4. The fraction of sp³-hybridized carbons (Fsp3) is 0.615. The average molecular weight is 345 g/mol. The number of aliphatic hydroxyl groups excluding tert-OH is 2. The Bertz CT molecular complexity index is 699. The molecule has 1 aromatic rings. The van der Waals surface area contributed by atoms with Crippen LogP contribution in [0.1, 0.15) is 11.8 Å². The molecule has 1 aromatic heterocycles. The van der Waals surface area contributed by atoms with Crippen molar-refractivity contribution >= 4 is 5.97 Å². The highest BCUT2D eigenvalue weighted by Crippen LogP contribution is 2.30. The van der Waals surface area contributed by atoms with Gasteiger partial charge in [-0.15, -0.1) is 0 Å². The number of methoxy groups -OCH3 is 1. The predicted molar refractivity (Wildman–Crippen MR) is 78.5 cm³/mol. The molecule has 0 radical (unpaired) electrons. The summed E-state index contributed by atoms with van der Waals surface area (Å²) in [6.45, 7) is -0.911. The fourth-order valence-electron chi connectivity index (χ4n) is 2.49. The minimum Gasteiger partial charge on any atom is -0.480 e. The maximum absolute atomic E-state index is 12.0. The Kier molecular flexibility index (Phi) is 5.85. The van der Waals surface area contributed by atoms with Gasteiger partial charge in [0.2, 0.25) is 0 Å². The van der Waals surface area contributed by atoms with Crippen molar-refractivity contribution in [1.29, 1.82) is 0 Å². The summed E-state index contributed by atoms with van der Waals surface area (Å²) in [7, 11) is 1.32. The van der Waals surface area contributed by atoms with E-state index in [4.69, 9.17) is 14.6 Å². The minimum atomic E-state index is -1.16. The largest absolute Gasteiger partial charge is 0.480 e. The molecule has 0 spiro atoms. The van der Waals surface area contributed by atoms with Crippen LogP contribution in [0.5, 0.6) is 0 Å². The quantitative estimate of drug-likeness (QED) is 0.346. The lowest BCUT2D eigenvalue weighted by Gasteiger charge is -2.20. The molecule has 11 heteroatoms. The lowest BCUT2D eigenvalue weighted by molar-refractivity contribution is -0.136. The first kappa shape index (κ1) is 18.3. The predicted octanol–water partition coefficient (Wildman–Crippen LogP) is -3.02. The minimum absolute atomic E-state index is 0.0851. The molecule has 0 aliphatic carbocycles. The van der Waals surface area contributed by atoms with Gasteiger partial charge in [0, 0.05) is 25.4 Å². The number of aromatic nitrogens is 2. The number of carboxylic acid groups (broad SMARTS) is 1. The van der Waals surface area contributed by atoms with E-state index in [0.717, 1.165) is 4.57 Å². The second kappa shape index (κ2) is 7.68. The van der Waals surface area contributed by atoms with Crippen LogP contribution in [0.2, 0.25) is 0 Å². The smallest absolute Gasteiger partial charge is 0.330 e. The number of aliphatic hydroxyl groups is 2. The Morgan fingerprint density at radius 1 is 1.50 bits per heavy atom. The van der Waals surface area contributed by atoms with Gasteiger partial charge in [-0.2, -0.15) is 0 Å². The average Bonchev–Trinajstić information content (AvgIpc) is 2.84. The SMILES string of the molecule is COC1C(O)C(CO)OC1n1cc(CNCC(=O)O)c(=O)[nH]c1=O. The third-order valence-corrected chi connectivity index (χ3v) is 3.67.